The van der Waals surface area contributed by atoms with Crippen LogP contribution in [0.4, 0.5) is 9.18 Å². The van der Waals surface area contributed by atoms with E-state index < -0.39 is 27.1 Å². The van der Waals surface area contributed by atoms with E-state index in [1.54, 1.807) is 48.7 Å². The van der Waals surface area contributed by atoms with E-state index in [9.17, 15) is 9.18 Å². The van der Waals surface area contributed by atoms with Crippen molar-refractivity contribution in [2.24, 2.45) is 0 Å². The lowest BCUT2D eigenvalue weighted by atomic mass is 10.1. The van der Waals surface area contributed by atoms with Crippen LogP contribution in [0.5, 0.6) is 0 Å². The number of nitrogens with one attached hydrogen (secondary N) is 1. The van der Waals surface area contributed by atoms with Crippen molar-refractivity contribution in [2.45, 2.75) is 14.8 Å². The standard InChI is InChI=1S/C16H13Cl3FNO2S/c1-24(13-9-7-12(20)8-10-13)21-15(22)23-14(16(17,18)19)11-5-3-2-4-6-11/h2-10,14H,1H3/p+1/t14-,24?/m0/s1. The summed E-state index contributed by atoms with van der Waals surface area (Å²) >= 11 is 17.1. The van der Waals surface area contributed by atoms with Crippen LogP contribution < -0.4 is 4.72 Å². The van der Waals surface area contributed by atoms with E-state index in [0.29, 0.717) is 5.56 Å². The number of carbonyl (C=O) groups is 1. The van der Waals surface area contributed by atoms with Crippen molar-refractivity contribution in [3.63, 3.8) is 0 Å². The Bertz CT molecular complexity index is 680. The number of alkyl halides is 3. The summed E-state index contributed by atoms with van der Waals surface area (Å²) in [5.41, 5.74) is 0.561. The second kappa shape index (κ2) is 8.30. The maximum atomic E-state index is 13.0. The molecule has 8 heteroatoms. The Morgan fingerprint density at radius 3 is 2.25 bits per heavy atom. The van der Waals surface area contributed by atoms with E-state index in [4.69, 9.17) is 39.5 Å². The molecule has 0 aliphatic heterocycles. The van der Waals surface area contributed by atoms with E-state index in [0.717, 1.165) is 4.90 Å². The Kier molecular flexibility index (Phi) is 6.63. The van der Waals surface area contributed by atoms with Gasteiger partial charge in [0.15, 0.2) is 11.0 Å². The number of amides is 1. The van der Waals surface area contributed by atoms with Gasteiger partial charge in [-0.3, -0.25) is 0 Å². The average Bonchev–Trinajstić information content (AvgIpc) is 2.53. The van der Waals surface area contributed by atoms with E-state index in [-0.39, 0.29) is 5.82 Å². The van der Waals surface area contributed by atoms with E-state index in [2.05, 4.69) is 4.72 Å². The first-order valence-corrected chi connectivity index (χ1v) is 9.54. The van der Waals surface area contributed by atoms with E-state index >= 15 is 0 Å². The smallest absolute Gasteiger partial charge is 0.434 e. The summed E-state index contributed by atoms with van der Waals surface area (Å²) in [5.74, 6) is -0.348. The zero-order valence-electron chi connectivity index (χ0n) is 12.5. The molecule has 0 aliphatic rings. The van der Waals surface area contributed by atoms with Gasteiger partial charge in [0.05, 0.1) is 0 Å². The summed E-state index contributed by atoms with van der Waals surface area (Å²) in [7, 11) is 0. The molecule has 2 rings (SSSR count). The third-order valence-electron chi connectivity index (χ3n) is 3.03. The zero-order valence-corrected chi connectivity index (χ0v) is 15.6. The maximum Gasteiger partial charge on any atom is 0.450 e. The average molecular weight is 410 g/mol. The van der Waals surface area contributed by atoms with Crippen LogP contribution in [0.3, 0.4) is 0 Å². The van der Waals surface area contributed by atoms with Gasteiger partial charge in [0.25, 0.3) is 0 Å². The van der Waals surface area contributed by atoms with Crippen LogP contribution in [0.2, 0.25) is 0 Å². The highest BCUT2D eigenvalue weighted by molar-refractivity contribution is 7.94. The van der Waals surface area contributed by atoms with Crippen molar-refractivity contribution in [3.8, 4) is 0 Å². The van der Waals surface area contributed by atoms with Gasteiger partial charge < -0.3 is 4.74 Å². The quantitative estimate of drug-likeness (QED) is 0.558. The predicted molar refractivity (Wildman–Crippen MR) is 97.0 cm³/mol. The molecule has 0 heterocycles. The molecule has 128 valence electrons. The Balaban J connectivity index is 2.07. The molecule has 0 saturated heterocycles. The minimum absolute atomic E-state index is 0.348. The summed E-state index contributed by atoms with van der Waals surface area (Å²) in [6.07, 6.45) is -0.0271. The highest BCUT2D eigenvalue weighted by atomic mass is 35.6. The lowest BCUT2D eigenvalue weighted by Gasteiger charge is -2.24. The van der Waals surface area contributed by atoms with Gasteiger partial charge in [-0.05, 0) is 29.8 Å². The molecule has 0 aliphatic carbocycles. The minimum atomic E-state index is -1.82. The van der Waals surface area contributed by atoms with Crippen LogP contribution in [0, 0.1) is 5.82 Å². The SMILES string of the molecule is C[S+](NC(=O)O[C@@H](c1ccccc1)C(Cl)(Cl)Cl)c1ccc(F)cc1. The summed E-state index contributed by atoms with van der Waals surface area (Å²) in [4.78, 5) is 12.9. The molecule has 0 aromatic heterocycles. The molecular weight excluding hydrogens is 396 g/mol. The van der Waals surface area contributed by atoms with Gasteiger partial charge in [-0.1, -0.05) is 65.1 Å². The summed E-state index contributed by atoms with van der Waals surface area (Å²) in [6.45, 7) is 0. The first-order chi connectivity index (χ1) is 11.3. The molecule has 0 fully saturated rings. The first-order valence-electron chi connectivity index (χ1n) is 6.78. The highest BCUT2D eigenvalue weighted by Crippen LogP contribution is 2.42. The second-order valence-electron chi connectivity index (χ2n) is 4.80. The number of hydrogen-bond donors (Lipinski definition) is 1. The van der Waals surface area contributed by atoms with Crippen molar-refractivity contribution in [3.05, 3.63) is 66.0 Å². The number of carbonyl (C=O) groups excluding carboxylic acids is 1. The Hall–Kier alpha value is -1.14. The zero-order chi connectivity index (χ0) is 17.7. The van der Waals surface area contributed by atoms with Gasteiger partial charge in [0.2, 0.25) is 3.79 Å². The van der Waals surface area contributed by atoms with Crippen LogP contribution in [-0.2, 0) is 15.8 Å². The van der Waals surface area contributed by atoms with Crippen molar-refractivity contribution in [1.29, 1.82) is 0 Å². The summed E-state index contributed by atoms with van der Waals surface area (Å²) < 4.78 is 19.1. The fraction of sp³-hybridized carbons (Fsp3) is 0.188. The fourth-order valence-corrected chi connectivity index (χ4v) is 3.38. The molecule has 2 aromatic carbocycles. The number of rotatable bonds is 4. The van der Waals surface area contributed by atoms with Crippen molar-refractivity contribution in [1.82, 2.24) is 4.72 Å². The monoisotopic (exact) mass is 408 g/mol. The first kappa shape index (κ1) is 19.2. The molecule has 1 N–H and O–H groups in total. The van der Waals surface area contributed by atoms with Crippen molar-refractivity contribution >= 4 is 52.0 Å². The van der Waals surface area contributed by atoms with Crippen molar-refractivity contribution < 1.29 is 13.9 Å². The molecular formula is C16H14Cl3FNO2S+. The van der Waals surface area contributed by atoms with Gasteiger partial charge >= 0.3 is 6.09 Å². The van der Waals surface area contributed by atoms with Crippen LogP contribution in [0.1, 0.15) is 11.7 Å². The molecule has 24 heavy (non-hydrogen) atoms. The van der Waals surface area contributed by atoms with Gasteiger partial charge in [-0.15, -0.1) is 4.72 Å². The van der Waals surface area contributed by atoms with Gasteiger partial charge in [0.1, 0.15) is 23.2 Å². The Labute approximate surface area is 157 Å². The molecule has 2 aromatic rings. The molecule has 2 atom stereocenters. The molecule has 1 amide bonds. The van der Waals surface area contributed by atoms with Crippen LogP contribution >= 0.6 is 34.8 Å². The molecule has 0 spiro atoms. The Morgan fingerprint density at radius 1 is 1.12 bits per heavy atom. The number of benzene rings is 2. The maximum absolute atomic E-state index is 13.0. The van der Waals surface area contributed by atoms with Crippen molar-refractivity contribution in [2.75, 3.05) is 6.26 Å². The van der Waals surface area contributed by atoms with Crippen LogP contribution in [-0.4, -0.2) is 16.1 Å². The largest absolute Gasteiger partial charge is 0.450 e. The third-order valence-corrected chi connectivity index (χ3v) is 5.07. The summed E-state index contributed by atoms with van der Waals surface area (Å²) in [6, 6.07) is 14.5. The fourth-order valence-electron chi connectivity index (χ4n) is 1.91. The number of hydrogen-bond acceptors (Lipinski definition) is 2. The molecule has 0 saturated carbocycles. The third kappa shape index (κ3) is 5.45. The predicted octanol–water partition coefficient (Wildman–Crippen LogP) is 5.19. The minimum Gasteiger partial charge on any atom is -0.434 e. The van der Waals surface area contributed by atoms with E-state index in [1.165, 1.54) is 12.1 Å². The summed E-state index contributed by atoms with van der Waals surface area (Å²) in [5, 5.41) is 0. The molecule has 0 bridgehead atoms. The van der Waals surface area contributed by atoms with Crippen LogP contribution in [0.25, 0.3) is 0 Å². The van der Waals surface area contributed by atoms with Crippen LogP contribution in [0.15, 0.2) is 59.5 Å². The second-order valence-corrected chi connectivity index (χ2v) is 8.87. The Morgan fingerprint density at radius 2 is 1.71 bits per heavy atom. The molecule has 0 radical (unpaired) electrons. The lowest BCUT2D eigenvalue weighted by molar-refractivity contribution is 0.105. The lowest BCUT2D eigenvalue weighted by Crippen LogP contribution is -2.34. The number of ether oxygens (including phenoxy) is 1. The molecule has 1 unspecified atom stereocenters. The van der Waals surface area contributed by atoms with Gasteiger partial charge in [0, 0.05) is 0 Å². The van der Waals surface area contributed by atoms with Gasteiger partial charge in [-0.2, -0.15) is 0 Å². The normalized spacial score (nSPS) is 13.9. The topological polar surface area (TPSA) is 38.3 Å². The molecule has 3 nitrogen and oxygen atoms in total. The highest BCUT2D eigenvalue weighted by Gasteiger charge is 2.38. The van der Waals surface area contributed by atoms with E-state index in [1.807, 2.05) is 0 Å². The number of halogens is 4. The van der Waals surface area contributed by atoms with Gasteiger partial charge in [-0.25, -0.2) is 9.18 Å².